The Kier molecular flexibility index (Phi) is 3.66. The van der Waals surface area contributed by atoms with Crippen LogP contribution in [-0.2, 0) is 17.4 Å². The zero-order valence-corrected chi connectivity index (χ0v) is 15.7. The van der Waals surface area contributed by atoms with Gasteiger partial charge in [0.2, 0.25) is 5.69 Å². The van der Waals surface area contributed by atoms with Crippen LogP contribution in [0.3, 0.4) is 0 Å². The van der Waals surface area contributed by atoms with Crippen LogP contribution in [0, 0.1) is 13.8 Å². The summed E-state index contributed by atoms with van der Waals surface area (Å²) in [5.74, 6) is 0. The van der Waals surface area contributed by atoms with Crippen molar-refractivity contribution in [1.82, 2.24) is 0 Å². The van der Waals surface area contributed by atoms with Crippen LogP contribution in [0.25, 0.3) is 11.3 Å². The van der Waals surface area contributed by atoms with E-state index < -0.39 is 0 Å². The van der Waals surface area contributed by atoms with E-state index >= 15 is 0 Å². The molecule has 2 aromatic rings. The molecule has 1 nitrogen and oxygen atoms in total. The first kappa shape index (κ1) is 16.2. The quantitative estimate of drug-likeness (QED) is 0.668. The normalized spacial score (nSPS) is 17.5. The van der Waals surface area contributed by atoms with Gasteiger partial charge in [0, 0.05) is 25.5 Å². The van der Waals surface area contributed by atoms with E-state index in [9.17, 15) is 0 Å². The predicted molar refractivity (Wildman–Crippen MR) is 97.9 cm³/mol. The molecule has 23 heavy (non-hydrogen) atoms. The molecule has 0 N–H and O–H groups in total. The van der Waals surface area contributed by atoms with Crippen molar-refractivity contribution in [1.29, 1.82) is 0 Å². The highest BCUT2D eigenvalue weighted by Gasteiger charge is 2.53. The highest BCUT2D eigenvalue weighted by atomic mass is 15.1. The number of aromatic nitrogens is 1. The molecule has 0 atom stereocenters. The Labute approximate surface area is 141 Å². The smallest absolute Gasteiger partial charge is 0.192 e. The van der Waals surface area contributed by atoms with E-state index in [1.54, 1.807) is 0 Å². The molecular weight excluding hydrogens is 278 g/mol. The molecule has 0 saturated carbocycles. The van der Waals surface area contributed by atoms with Crippen molar-refractivity contribution in [2.24, 2.45) is 0 Å². The van der Waals surface area contributed by atoms with Crippen LogP contribution in [0.5, 0.6) is 0 Å². The van der Waals surface area contributed by atoms with Crippen molar-refractivity contribution >= 4 is 0 Å². The lowest BCUT2D eigenvalue weighted by atomic mass is 9.64. The Morgan fingerprint density at radius 2 is 1.65 bits per heavy atom. The van der Waals surface area contributed by atoms with Crippen molar-refractivity contribution in [3.05, 3.63) is 52.7 Å². The van der Waals surface area contributed by atoms with Gasteiger partial charge in [-0.3, -0.25) is 0 Å². The second-order valence-corrected chi connectivity index (χ2v) is 8.13. The van der Waals surface area contributed by atoms with Crippen LogP contribution < -0.4 is 4.57 Å². The maximum absolute atomic E-state index is 2.52. The van der Waals surface area contributed by atoms with Crippen LogP contribution >= 0.6 is 0 Å². The van der Waals surface area contributed by atoms with E-state index in [2.05, 4.69) is 83.5 Å². The van der Waals surface area contributed by atoms with Gasteiger partial charge in [-0.2, -0.15) is 4.57 Å². The fraction of sp³-hybridized carbons (Fsp3) is 0.500. The minimum atomic E-state index is 0.0418. The monoisotopic (exact) mass is 308 g/mol. The molecule has 0 fully saturated rings. The van der Waals surface area contributed by atoms with E-state index in [0.717, 1.165) is 6.42 Å². The fourth-order valence-corrected chi connectivity index (χ4v) is 4.15. The maximum Gasteiger partial charge on any atom is 0.216 e. The van der Waals surface area contributed by atoms with Gasteiger partial charge in [-0.15, -0.1) is 0 Å². The molecule has 0 bridgehead atoms. The highest BCUT2D eigenvalue weighted by molar-refractivity contribution is 5.73. The maximum atomic E-state index is 2.52. The lowest BCUT2D eigenvalue weighted by Gasteiger charge is -2.43. The molecule has 0 saturated heterocycles. The summed E-state index contributed by atoms with van der Waals surface area (Å²) in [6.07, 6.45) is 4.61. The first-order chi connectivity index (χ1) is 10.7. The standard InChI is InChI=1S/C22H30N/c1-8-10-17-15(2)12-13-18-19(17)20-16(3)11-9-14-23(20)22(6,7)21(18,4)5/h9,11-14H,8,10H2,1-7H3/q+1. The van der Waals surface area contributed by atoms with Gasteiger partial charge in [-0.25, -0.2) is 0 Å². The Bertz CT molecular complexity index is 766. The van der Waals surface area contributed by atoms with Gasteiger partial charge >= 0.3 is 0 Å². The van der Waals surface area contributed by atoms with Gasteiger partial charge in [0.1, 0.15) is 0 Å². The second kappa shape index (κ2) is 5.19. The number of hydrogen-bond acceptors (Lipinski definition) is 0. The Hall–Kier alpha value is -1.63. The highest BCUT2D eigenvalue weighted by Crippen LogP contribution is 2.48. The SMILES string of the molecule is CCCc1c(C)ccc2c1-c1c(C)ccc[n+]1C(C)(C)C2(C)C. The van der Waals surface area contributed by atoms with E-state index in [1.165, 1.54) is 39.9 Å². The molecule has 1 aliphatic rings. The van der Waals surface area contributed by atoms with Crippen molar-refractivity contribution in [2.75, 3.05) is 0 Å². The van der Waals surface area contributed by atoms with Crippen molar-refractivity contribution in [2.45, 2.75) is 72.3 Å². The zero-order valence-electron chi connectivity index (χ0n) is 15.7. The van der Waals surface area contributed by atoms with Gasteiger partial charge in [0.05, 0.1) is 11.0 Å². The van der Waals surface area contributed by atoms with Crippen LogP contribution in [0.1, 0.15) is 63.3 Å². The largest absolute Gasteiger partial charge is 0.216 e. The summed E-state index contributed by atoms with van der Waals surface area (Å²) in [5, 5.41) is 0. The number of hydrogen-bond donors (Lipinski definition) is 0. The minimum Gasteiger partial charge on any atom is -0.192 e. The summed E-state index contributed by atoms with van der Waals surface area (Å²) in [5.41, 5.74) is 8.89. The number of pyridine rings is 1. The van der Waals surface area contributed by atoms with Crippen molar-refractivity contribution in [3.63, 3.8) is 0 Å². The summed E-state index contributed by atoms with van der Waals surface area (Å²) in [4.78, 5) is 0. The molecule has 0 amide bonds. The van der Waals surface area contributed by atoms with Gasteiger partial charge in [-0.05, 0) is 56.9 Å². The zero-order chi connectivity index (χ0) is 17.0. The molecule has 3 rings (SSSR count). The number of fused-ring (bicyclic) bond motifs is 3. The summed E-state index contributed by atoms with van der Waals surface area (Å²) < 4.78 is 2.52. The summed E-state index contributed by atoms with van der Waals surface area (Å²) >= 11 is 0. The molecule has 0 radical (unpaired) electrons. The number of nitrogens with zero attached hydrogens (tertiary/aromatic N) is 1. The number of benzene rings is 1. The van der Waals surface area contributed by atoms with Crippen molar-refractivity contribution < 1.29 is 4.57 Å². The summed E-state index contributed by atoms with van der Waals surface area (Å²) in [6, 6.07) is 9.15. The third-order valence-corrected chi connectivity index (χ3v) is 6.28. The first-order valence-corrected chi connectivity index (χ1v) is 8.88. The lowest BCUT2D eigenvalue weighted by molar-refractivity contribution is -0.760. The molecule has 1 heteroatoms. The molecular formula is C22H30N+. The number of rotatable bonds is 2. The lowest BCUT2D eigenvalue weighted by Crippen LogP contribution is -2.65. The molecule has 1 aromatic heterocycles. The van der Waals surface area contributed by atoms with Crippen LogP contribution in [-0.4, -0.2) is 0 Å². The Morgan fingerprint density at radius 1 is 0.957 bits per heavy atom. The van der Waals surface area contributed by atoms with Crippen molar-refractivity contribution in [3.8, 4) is 11.3 Å². The fourth-order valence-electron chi connectivity index (χ4n) is 4.15. The predicted octanol–water partition coefficient (Wildman–Crippen LogP) is 5.24. The van der Waals surface area contributed by atoms with E-state index in [1.807, 2.05) is 0 Å². The molecule has 1 aromatic carbocycles. The van der Waals surface area contributed by atoms with Gasteiger partial charge < -0.3 is 0 Å². The van der Waals surface area contributed by atoms with Crippen LogP contribution in [0.15, 0.2) is 30.5 Å². The Balaban J connectivity index is 2.49. The van der Waals surface area contributed by atoms with E-state index in [-0.39, 0.29) is 11.0 Å². The van der Waals surface area contributed by atoms with Gasteiger partial charge in [0.25, 0.3) is 0 Å². The topological polar surface area (TPSA) is 3.88 Å². The number of aryl methyl sites for hydroxylation is 2. The average Bonchev–Trinajstić information content (AvgIpc) is 2.48. The van der Waals surface area contributed by atoms with Crippen LogP contribution in [0.4, 0.5) is 0 Å². The van der Waals surface area contributed by atoms with E-state index in [4.69, 9.17) is 0 Å². The molecule has 0 spiro atoms. The minimum absolute atomic E-state index is 0.0418. The molecule has 122 valence electrons. The molecule has 1 aliphatic heterocycles. The third-order valence-electron chi connectivity index (χ3n) is 6.28. The Morgan fingerprint density at radius 3 is 2.30 bits per heavy atom. The summed E-state index contributed by atoms with van der Waals surface area (Å²) in [6.45, 7) is 16.3. The third kappa shape index (κ3) is 2.09. The van der Waals surface area contributed by atoms with Crippen LogP contribution in [0.2, 0.25) is 0 Å². The second-order valence-electron chi connectivity index (χ2n) is 8.13. The summed E-state index contributed by atoms with van der Waals surface area (Å²) in [7, 11) is 0. The molecule has 2 heterocycles. The molecule has 0 aliphatic carbocycles. The van der Waals surface area contributed by atoms with Gasteiger partial charge in [-0.1, -0.05) is 25.5 Å². The first-order valence-electron chi connectivity index (χ1n) is 8.88. The van der Waals surface area contributed by atoms with Gasteiger partial charge in [0.15, 0.2) is 11.7 Å². The average molecular weight is 308 g/mol. The molecule has 0 unspecified atom stereocenters. The van der Waals surface area contributed by atoms with E-state index in [0.29, 0.717) is 0 Å².